The predicted molar refractivity (Wildman–Crippen MR) is 61.7 cm³/mol. The third kappa shape index (κ3) is 8.33. The summed E-state index contributed by atoms with van der Waals surface area (Å²) in [5.41, 5.74) is 0. The molecule has 13 heavy (non-hydrogen) atoms. The van der Waals surface area contributed by atoms with Gasteiger partial charge in [-0.05, 0) is 5.92 Å². The molecule has 0 aliphatic rings. The van der Waals surface area contributed by atoms with Crippen molar-refractivity contribution in [1.82, 2.24) is 0 Å². The normalized spacial score (nSPS) is 13.2. The zero-order chi connectivity index (χ0) is 9.94. The van der Waals surface area contributed by atoms with Crippen molar-refractivity contribution in [2.24, 2.45) is 5.92 Å². The van der Waals surface area contributed by atoms with E-state index in [0.29, 0.717) is 0 Å². The molecule has 0 N–H and O–H groups in total. The second kappa shape index (κ2) is 10.1. The van der Waals surface area contributed by atoms with Crippen molar-refractivity contribution in [1.29, 1.82) is 0 Å². The van der Waals surface area contributed by atoms with E-state index in [1.807, 2.05) is 0 Å². The van der Waals surface area contributed by atoms with Gasteiger partial charge in [0.1, 0.15) is 0 Å². The number of hydrogen-bond acceptors (Lipinski definition) is 0. The molecule has 0 heteroatoms. The van der Waals surface area contributed by atoms with Gasteiger partial charge >= 0.3 is 0 Å². The highest BCUT2D eigenvalue weighted by Gasteiger charge is 2.03. The second-order valence-electron chi connectivity index (χ2n) is 4.12. The van der Waals surface area contributed by atoms with Crippen molar-refractivity contribution in [3.63, 3.8) is 0 Å². The van der Waals surface area contributed by atoms with Gasteiger partial charge in [-0.2, -0.15) is 0 Å². The fourth-order valence-corrected chi connectivity index (χ4v) is 1.88. The van der Waals surface area contributed by atoms with Gasteiger partial charge in [0.05, 0.1) is 0 Å². The monoisotopic (exact) mass is 183 g/mol. The lowest BCUT2D eigenvalue weighted by Crippen LogP contribution is -1.97. The number of unbranched alkanes of at least 4 members (excludes halogenated alkanes) is 4. The zero-order valence-electron chi connectivity index (χ0n) is 9.65. The van der Waals surface area contributed by atoms with E-state index in [9.17, 15) is 0 Å². The Hall–Kier alpha value is 0. The summed E-state index contributed by atoms with van der Waals surface area (Å²) in [6.07, 6.45) is 12.4. The molecule has 1 unspecified atom stereocenters. The predicted octanol–water partition coefficient (Wildman–Crippen LogP) is 4.99. The van der Waals surface area contributed by atoms with Crippen LogP contribution in [0.25, 0.3) is 0 Å². The van der Waals surface area contributed by atoms with Crippen LogP contribution in [0.5, 0.6) is 0 Å². The molecular formula is C13H27. The van der Waals surface area contributed by atoms with E-state index in [-0.39, 0.29) is 0 Å². The lowest BCUT2D eigenvalue weighted by molar-refractivity contribution is 0.415. The highest BCUT2D eigenvalue weighted by molar-refractivity contribution is 4.58. The lowest BCUT2D eigenvalue weighted by atomic mass is 9.94. The molecular weight excluding hydrogens is 156 g/mol. The minimum absolute atomic E-state index is 0.958. The van der Waals surface area contributed by atoms with E-state index < -0.39 is 0 Å². The van der Waals surface area contributed by atoms with Gasteiger partial charge in [-0.3, -0.25) is 0 Å². The molecule has 0 saturated carbocycles. The summed E-state index contributed by atoms with van der Waals surface area (Å²) in [4.78, 5) is 0. The van der Waals surface area contributed by atoms with E-state index in [1.54, 1.807) is 0 Å². The second-order valence-corrected chi connectivity index (χ2v) is 4.12. The fraction of sp³-hybridized carbons (Fsp3) is 0.923. The molecule has 0 rings (SSSR count). The van der Waals surface area contributed by atoms with Crippen molar-refractivity contribution in [3.8, 4) is 0 Å². The topological polar surface area (TPSA) is 0 Å². The van der Waals surface area contributed by atoms with E-state index in [4.69, 9.17) is 0 Å². The van der Waals surface area contributed by atoms with E-state index in [0.717, 1.165) is 12.3 Å². The molecule has 0 aromatic carbocycles. The highest BCUT2D eigenvalue weighted by Crippen LogP contribution is 2.19. The molecule has 0 aliphatic carbocycles. The average Bonchev–Trinajstić information content (AvgIpc) is 2.16. The molecule has 1 atom stereocenters. The molecule has 0 aromatic heterocycles. The van der Waals surface area contributed by atoms with E-state index in [2.05, 4.69) is 20.8 Å². The smallest absolute Gasteiger partial charge is 0.0417 e. The minimum Gasteiger partial charge on any atom is -0.0654 e. The first kappa shape index (κ1) is 13.0. The molecule has 79 valence electrons. The molecule has 0 bridgehead atoms. The third-order valence-electron chi connectivity index (χ3n) is 2.91. The van der Waals surface area contributed by atoms with Crippen molar-refractivity contribution < 1.29 is 0 Å². The maximum atomic E-state index is 3.93. The van der Waals surface area contributed by atoms with Crippen LogP contribution in [0.2, 0.25) is 0 Å². The summed E-state index contributed by atoms with van der Waals surface area (Å²) in [7, 11) is 0. The van der Waals surface area contributed by atoms with Gasteiger partial charge in [-0.15, -0.1) is 0 Å². The fourth-order valence-electron chi connectivity index (χ4n) is 1.88. The van der Waals surface area contributed by atoms with Gasteiger partial charge in [-0.25, -0.2) is 0 Å². The summed E-state index contributed by atoms with van der Waals surface area (Å²) in [5, 5.41) is 0. The van der Waals surface area contributed by atoms with Gasteiger partial charge in [-0.1, -0.05) is 78.6 Å². The van der Waals surface area contributed by atoms with Crippen LogP contribution in [0, 0.1) is 12.8 Å². The zero-order valence-corrected chi connectivity index (χ0v) is 9.65. The van der Waals surface area contributed by atoms with Gasteiger partial charge < -0.3 is 0 Å². The summed E-state index contributed by atoms with van der Waals surface area (Å²) >= 11 is 0. The van der Waals surface area contributed by atoms with Crippen LogP contribution in [-0.4, -0.2) is 0 Å². The third-order valence-corrected chi connectivity index (χ3v) is 2.91. The van der Waals surface area contributed by atoms with Crippen LogP contribution in [0.3, 0.4) is 0 Å². The molecule has 0 saturated heterocycles. The van der Waals surface area contributed by atoms with E-state index in [1.165, 1.54) is 51.4 Å². The molecule has 0 amide bonds. The van der Waals surface area contributed by atoms with Crippen molar-refractivity contribution >= 4 is 0 Å². The molecule has 0 aliphatic heterocycles. The minimum atomic E-state index is 0.958. The van der Waals surface area contributed by atoms with Crippen LogP contribution in [0.4, 0.5) is 0 Å². The largest absolute Gasteiger partial charge is 0.0654 e. The molecule has 1 radical (unpaired) electrons. The van der Waals surface area contributed by atoms with Crippen molar-refractivity contribution in [2.75, 3.05) is 0 Å². The van der Waals surface area contributed by atoms with Crippen LogP contribution in [-0.2, 0) is 0 Å². The molecule has 0 heterocycles. The molecule has 0 nitrogen and oxygen atoms in total. The molecule has 0 aromatic rings. The summed E-state index contributed by atoms with van der Waals surface area (Å²) in [5.74, 6) is 0.958. The highest BCUT2D eigenvalue weighted by atomic mass is 14.1. The van der Waals surface area contributed by atoms with Crippen LogP contribution in [0.1, 0.15) is 71.6 Å². The maximum Gasteiger partial charge on any atom is -0.0417 e. The Labute approximate surface area is 85.1 Å². The van der Waals surface area contributed by atoms with Crippen LogP contribution < -0.4 is 0 Å². The first-order valence-electron chi connectivity index (χ1n) is 6.14. The summed E-state index contributed by atoms with van der Waals surface area (Å²) < 4.78 is 0. The summed E-state index contributed by atoms with van der Waals surface area (Å²) in [6.45, 7) is 8.52. The van der Waals surface area contributed by atoms with Gasteiger partial charge in [0.25, 0.3) is 0 Å². The number of rotatable bonds is 9. The van der Waals surface area contributed by atoms with Crippen molar-refractivity contribution in [2.45, 2.75) is 71.6 Å². The van der Waals surface area contributed by atoms with Gasteiger partial charge in [0.15, 0.2) is 0 Å². The quantitative estimate of drug-likeness (QED) is 0.442. The van der Waals surface area contributed by atoms with Crippen LogP contribution >= 0.6 is 0 Å². The standard InChI is InChI=1S/C13H27/c1-4-7-8-9-10-12-13(6-3)11-5-2/h13H,2,4-12H2,1,3H3. The number of hydrogen-bond donors (Lipinski definition) is 0. The first-order chi connectivity index (χ1) is 6.35. The Balaban J connectivity index is 3.17. The van der Waals surface area contributed by atoms with Crippen LogP contribution in [0.15, 0.2) is 0 Å². The Kier molecular flexibility index (Phi) is 10.1. The molecule has 0 spiro atoms. The van der Waals surface area contributed by atoms with E-state index >= 15 is 0 Å². The van der Waals surface area contributed by atoms with Gasteiger partial charge in [0.2, 0.25) is 0 Å². The lowest BCUT2D eigenvalue weighted by Gasteiger charge is -2.12. The Bertz CT molecular complexity index is 86.0. The SMILES string of the molecule is [CH2]CCC(CC)CCCCCCC. The Morgan fingerprint density at radius 3 is 2.15 bits per heavy atom. The first-order valence-corrected chi connectivity index (χ1v) is 6.14. The summed E-state index contributed by atoms with van der Waals surface area (Å²) in [6, 6.07) is 0. The van der Waals surface area contributed by atoms with Gasteiger partial charge in [0, 0.05) is 0 Å². The Morgan fingerprint density at radius 1 is 0.923 bits per heavy atom. The Morgan fingerprint density at radius 2 is 1.62 bits per heavy atom. The van der Waals surface area contributed by atoms with Crippen molar-refractivity contribution in [3.05, 3.63) is 6.92 Å². The maximum absolute atomic E-state index is 3.93. The molecule has 0 fully saturated rings. The average molecular weight is 183 g/mol.